The molecule has 0 aromatic carbocycles. The van der Waals surface area contributed by atoms with Crippen molar-refractivity contribution in [1.29, 1.82) is 0 Å². The summed E-state index contributed by atoms with van der Waals surface area (Å²) in [6.07, 6.45) is 3.21. The first kappa shape index (κ1) is 9.78. The summed E-state index contributed by atoms with van der Waals surface area (Å²) in [7, 11) is 0. The molecule has 1 aromatic heterocycles. The zero-order valence-electron chi connectivity index (χ0n) is 9.08. The summed E-state index contributed by atoms with van der Waals surface area (Å²) >= 11 is 0. The van der Waals surface area contributed by atoms with E-state index in [2.05, 4.69) is 20.8 Å². The lowest BCUT2D eigenvalue weighted by Crippen LogP contribution is -2.33. The molecule has 1 heterocycles. The maximum atomic E-state index is 10.0. The fourth-order valence-corrected chi connectivity index (χ4v) is 2.53. The summed E-state index contributed by atoms with van der Waals surface area (Å²) in [5, 5.41) is 10.0. The van der Waals surface area contributed by atoms with Crippen LogP contribution in [0.2, 0.25) is 0 Å². The van der Waals surface area contributed by atoms with E-state index in [-0.39, 0.29) is 17.4 Å². The quantitative estimate of drug-likeness (QED) is 0.689. The molecule has 0 radical (unpaired) electrons. The van der Waals surface area contributed by atoms with Gasteiger partial charge in [0.25, 0.3) is 0 Å². The maximum absolute atomic E-state index is 10.0. The van der Waals surface area contributed by atoms with Crippen molar-refractivity contribution < 1.29 is 9.52 Å². The minimum atomic E-state index is -0.222. The molecule has 2 nitrogen and oxygen atoms in total. The predicted octanol–water partition coefficient (Wildman–Crippen LogP) is 2.72. The molecule has 0 unspecified atom stereocenters. The fraction of sp³-hybridized carbons (Fsp3) is 0.667. The fourth-order valence-electron chi connectivity index (χ4n) is 2.53. The molecule has 0 saturated heterocycles. The standard InChI is InChI=1S/C12H18O2/c1-12(2,3)11-8-6-7-14-10(8)5-4-9(11)13/h6-7,9,11,13H,4-5H2,1-3H3/t9-,11-/m1/s1. The van der Waals surface area contributed by atoms with Crippen LogP contribution in [0.3, 0.4) is 0 Å². The highest BCUT2D eigenvalue weighted by Crippen LogP contribution is 2.43. The van der Waals surface area contributed by atoms with E-state index in [1.54, 1.807) is 6.26 Å². The average molecular weight is 194 g/mol. The van der Waals surface area contributed by atoms with Crippen LogP contribution in [0, 0.1) is 5.41 Å². The van der Waals surface area contributed by atoms with Crippen LogP contribution in [0.15, 0.2) is 16.7 Å². The van der Waals surface area contributed by atoms with Crippen molar-refractivity contribution in [3.8, 4) is 0 Å². The van der Waals surface area contributed by atoms with Gasteiger partial charge in [-0.05, 0) is 23.5 Å². The van der Waals surface area contributed by atoms with Gasteiger partial charge in [0.2, 0.25) is 0 Å². The SMILES string of the molecule is CC(C)(C)[C@@H]1c2ccoc2CC[C@H]1O. The number of aryl methyl sites for hydroxylation is 1. The second-order valence-electron chi connectivity index (χ2n) is 5.25. The van der Waals surface area contributed by atoms with Gasteiger partial charge in [-0.25, -0.2) is 0 Å². The number of fused-ring (bicyclic) bond motifs is 1. The van der Waals surface area contributed by atoms with E-state index in [1.165, 1.54) is 5.56 Å². The number of rotatable bonds is 0. The third kappa shape index (κ3) is 1.48. The molecule has 1 N–H and O–H groups in total. The molecule has 1 aromatic rings. The zero-order valence-corrected chi connectivity index (χ0v) is 9.08. The Morgan fingerprint density at radius 3 is 2.79 bits per heavy atom. The Balaban J connectivity index is 2.41. The van der Waals surface area contributed by atoms with Crippen LogP contribution in [0.25, 0.3) is 0 Å². The van der Waals surface area contributed by atoms with Crippen molar-refractivity contribution in [1.82, 2.24) is 0 Å². The zero-order chi connectivity index (χ0) is 10.3. The number of aliphatic hydroxyl groups excluding tert-OH is 1. The minimum absolute atomic E-state index is 0.0957. The van der Waals surface area contributed by atoms with Gasteiger partial charge in [0.05, 0.1) is 12.4 Å². The molecule has 78 valence electrons. The molecule has 0 fully saturated rings. The van der Waals surface area contributed by atoms with Gasteiger partial charge in [0, 0.05) is 12.3 Å². The van der Waals surface area contributed by atoms with Gasteiger partial charge in [-0.15, -0.1) is 0 Å². The normalized spacial score (nSPS) is 27.4. The van der Waals surface area contributed by atoms with Gasteiger partial charge in [-0.2, -0.15) is 0 Å². The molecule has 0 amide bonds. The topological polar surface area (TPSA) is 33.4 Å². The molecule has 0 bridgehead atoms. The van der Waals surface area contributed by atoms with Crippen molar-refractivity contribution >= 4 is 0 Å². The summed E-state index contributed by atoms with van der Waals surface area (Å²) in [4.78, 5) is 0. The van der Waals surface area contributed by atoms with Crippen LogP contribution in [-0.4, -0.2) is 11.2 Å². The minimum Gasteiger partial charge on any atom is -0.469 e. The van der Waals surface area contributed by atoms with Crippen molar-refractivity contribution in [3.63, 3.8) is 0 Å². The van der Waals surface area contributed by atoms with Crippen LogP contribution in [0.1, 0.15) is 44.4 Å². The van der Waals surface area contributed by atoms with Gasteiger partial charge >= 0.3 is 0 Å². The lowest BCUT2D eigenvalue weighted by Gasteiger charge is -2.37. The lowest BCUT2D eigenvalue weighted by molar-refractivity contribution is 0.0714. The van der Waals surface area contributed by atoms with Gasteiger partial charge in [-0.1, -0.05) is 20.8 Å². The molecule has 0 spiro atoms. The summed E-state index contributed by atoms with van der Waals surface area (Å²) < 4.78 is 5.42. The summed E-state index contributed by atoms with van der Waals surface area (Å²) in [5.41, 5.74) is 1.30. The van der Waals surface area contributed by atoms with Gasteiger partial charge in [-0.3, -0.25) is 0 Å². The first-order chi connectivity index (χ1) is 6.50. The molecular weight excluding hydrogens is 176 g/mol. The molecule has 1 aliphatic carbocycles. The van der Waals surface area contributed by atoms with Crippen LogP contribution in [0.4, 0.5) is 0 Å². The molecular formula is C12H18O2. The average Bonchev–Trinajstić information content (AvgIpc) is 2.48. The highest BCUT2D eigenvalue weighted by atomic mass is 16.3. The van der Waals surface area contributed by atoms with Gasteiger partial charge < -0.3 is 9.52 Å². The smallest absolute Gasteiger partial charge is 0.107 e. The largest absolute Gasteiger partial charge is 0.469 e. The van der Waals surface area contributed by atoms with Gasteiger partial charge in [0.15, 0.2) is 0 Å². The highest BCUT2D eigenvalue weighted by Gasteiger charge is 2.37. The first-order valence-corrected chi connectivity index (χ1v) is 5.24. The second kappa shape index (κ2) is 3.13. The predicted molar refractivity (Wildman–Crippen MR) is 55.2 cm³/mol. The summed E-state index contributed by atoms with van der Waals surface area (Å²) in [5.74, 6) is 1.28. The number of hydrogen-bond acceptors (Lipinski definition) is 2. The Morgan fingerprint density at radius 1 is 1.43 bits per heavy atom. The second-order valence-corrected chi connectivity index (χ2v) is 5.25. The van der Waals surface area contributed by atoms with Crippen LogP contribution >= 0.6 is 0 Å². The summed E-state index contributed by atoms with van der Waals surface area (Å²) in [6.45, 7) is 6.51. The Morgan fingerprint density at radius 2 is 2.14 bits per heavy atom. The monoisotopic (exact) mass is 194 g/mol. The van der Waals surface area contributed by atoms with Crippen LogP contribution in [0.5, 0.6) is 0 Å². The van der Waals surface area contributed by atoms with E-state index in [0.29, 0.717) is 0 Å². The Labute approximate surface area is 84.9 Å². The van der Waals surface area contributed by atoms with E-state index in [0.717, 1.165) is 18.6 Å². The molecule has 1 aliphatic rings. The third-order valence-electron chi connectivity index (χ3n) is 3.10. The number of hydrogen-bond donors (Lipinski definition) is 1. The highest BCUT2D eigenvalue weighted by molar-refractivity contribution is 5.28. The molecule has 0 aliphatic heterocycles. The molecule has 2 rings (SSSR count). The third-order valence-corrected chi connectivity index (χ3v) is 3.10. The van der Waals surface area contributed by atoms with Crippen molar-refractivity contribution in [2.75, 3.05) is 0 Å². The maximum Gasteiger partial charge on any atom is 0.107 e. The first-order valence-electron chi connectivity index (χ1n) is 5.24. The van der Waals surface area contributed by atoms with Crippen molar-refractivity contribution in [2.45, 2.75) is 45.6 Å². The molecule has 14 heavy (non-hydrogen) atoms. The lowest BCUT2D eigenvalue weighted by atomic mass is 9.69. The van der Waals surface area contributed by atoms with E-state index in [9.17, 15) is 5.11 Å². The van der Waals surface area contributed by atoms with E-state index < -0.39 is 0 Å². The Hall–Kier alpha value is -0.760. The molecule has 0 saturated carbocycles. The van der Waals surface area contributed by atoms with E-state index in [4.69, 9.17) is 4.42 Å². The summed E-state index contributed by atoms with van der Waals surface area (Å²) in [6, 6.07) is 2.01. The van der Waals surface area contributed by atoms with Crippen molar-refractivity contribution in [2.24, 2.45) is 5.41 Å². The van der Waals surface area contributed by atoms with Crippen LogP contribution < -0.4 is 0 Å². The van der Waals surface area contributed by atoms with Gasteiger partial charge in [0.1, 0.15) is 5.76 Å². The molecule has 2 atom stereocenters. The Kier molecular flexibility index (Phi) is 2.18. The Bertz CT molecular complexity index is 319. The van der Waals surface area contributed by atoms with Crippen LogP contribution in [-0.2, 0) is 6.42 Å². The number of aliphatic hydroxyl groups is 1. The van der Waals surface area contributed by atoms with Crippen molar-refractivity contribution in [3.05, 3.63) is 23.7 Å². The number of furan rings is 1. The van der Waals surface area contributed by atoms with E-state index >= 15 is 0 Å². The molecule has 2 heteroatoms. The van der Waals surface area contributed by atoms with E-state index in [1.807, 2.05) is 6.07 Å².